The van der Waals surface area contributed by atoms with E-state index in [1.807, 2.05) is 12.1 Å². The van der Waals surface area contributed by atoms with E-state index in [2.05, 4.69) is 66.5 Å². The highest BCUT2D eigenvalue weighted by atomic mass is 35.5. The summed E-state index contributed by atoms with van der Waals surface area (Å²) in [5.41, 5.74) is 2.54. The van der Waals surface area contributed by atoms with Crippen molar-refractivity contribution in [3.8, 4) is 0 Å². The number of hydrogen-bond donors (Lipinski definition) is 1. The average Bonchev–Trinajstić information content (AvgIpc) is 2.61. The van der Waals surface area contributed by atoms with Gasteiger partial charge >= 0.3 is 0 Å². The highest BCUT2D eigenvalue weighted by molar-refractivity contribution is 6.30. The summed E-state index contributed by atoms with van der Waals surface area (Å²) >= 11 is 6.05. The van der Waals surface area contributed by atoms with Crippen LogP contribution in [0.4, 0.5) is 0 Å². The van der Waals surface area contributed by atoms with Gasteiger partial charge in [-0.25, -0.2) is 0 Å². The van der Waals surface area contributed by atoms with Crippen LogP contribution in [0.5, 0.6) is 0 Å². The van der Waals surface area contributed by atoms with E-state index in [1.165, 1.54) is 37.1 Å². The topological polar surface area (TPSA) is 15.3 Å². The zero-order valence-corrected chi connectivity index (χ0v) is 15.6. The lowest BCUT2D eigenvalue weighted by Gasteiger charge is -2.24. The highest BCUT2D eigenvalue weighted by Crippen LogP contribution is 2.23. The van der Waals surface area contributed by atoms with E-state index < -0.39 is 0 Å². The molecule has 0 saturated heterocycles. The minimum absolute atomic E-state index is 0.202. The molecule has 0 fully saturated rings. The van der Waals surface area contributed by atoms with Crippen LogP contribution in [0.3, 0.4) is 0 Å². The smallest absolute Gasteiger partial charge is 0.0577 e. The first-order valence-electron chi connectivity index (χ1n) is 9.00. The summed E-state index contributed by atoms with van der Waals surface area (Å²) in [6, 6.07) is 19.0. The van der Waals surface area contributed by atoms with Crippen LogP contribution in [0.2, 0.25) is 5.02 Å². The van der Waals surface area contributed by atoms with Crippen molar-refractivity contribution in [2.24, 2.45) is 0 Å². The molecule has 3 heteroatoms. The third kappa shape index (κ3) is 5.94. The van der Waals surface area contributed by atoms with E-state index in [-0.39, 0.29) is 6.04 Å². The van der Waals surface area contributed by atoms with Crippen molar-refractivity contribution in [2.75, 3.05) is 26.2 Å². The molecule has 0 radical (unpaired) electrons. The lowest BCUT2D eigenvalue weighted by atomic mass is 9.99. The molecule has 2 aromatic rings. The van der Waals surface area contributed by atoms with Crippen molar-refractivity contribution in [1.29, 1.82) is 0 Å². The van der Waals surface area contributed by atoms with Gasteiger partial charge in [-0.3, -0.25) is 0 Å². The van der Waals surface area contributed by atoms with Crippen LogP contribution >= 0.6 is 11.6 Å². The van der Waals surface area contributed by atoms with Gasteiger partial charge in [-0.05, 0) is 49.2 Å². The Labute approximate surface area is 151 Å². The van der Waals surface area contributed by atoms with Gasteiger partial charge in [0.1, 0.15) is 0 Å². The Hall–Kier alpha value is -1.35. The molecule has 2 aromatic carbocycles. The second-order valence-electron chi connectivity index (χ2n) is 6.19. The molecule has 130 valence electrons. The van der Waals surface area contributed by atoms with Gasteiger partial charge in [-0.1, -0.05) is 67.9 Å². The van der Waals surface area contributed by atoms with Gasteiger partial charge in [-0.2, -0.15) is 0 Å². The Morgan fingerprint density at radius 3 is 2.00 bits per heavy atom. The summed E-state index contributed by atoms with van der Waals surface area (Å²) in [6.45, 7) is 8.90. The first-order chi connectivity index (χ1) is 11.7. The lowest BCUT2D eigenvalue weighted by molar-refractivity contribution is 0.271. The zero-order valence-electron chi connectivity index (χ0n) is 14.8. The van der Waals surface area contributed by atoms with Crippen molar-refractivity contribution >= 4 is 11.6 Å². The largest absolute Gasteiger partial charge is 0.305 e. The number of benzene rings is 2. The van der Waals surface area contributed by atoms with Gasteiger partial charge in [0, 0.05) is 18.1 Å². The lowest BCUT2D eigenvalue weighted by Crippen LogP contribution is -2.35. The molecule has 0 aliphatic heterocycles. The van der Waals surface area contributed by atoms with E-state index >= 15 is 0 Å². The third-order valence-electron chi connectivity index (χ3n) is 4.19. The Kier molecular flexibility index (Phi) is 8.31. The zero-order chi connectivity index (χ0) is 17.2. The SMILES string of the molecule is CCCN(CCC)CCNC(c1ccccc1)c1ccc(Cl)cc1. The van der Waals surface area contributed by atoms with E-state index in [4.69, 9.17) is 11.6 Å². The van der Waals surface area contributed by atoms with E-state index in [1.54, 1.807) is 0 Å². The number of rotatable bonds is 10. The molecule has 0 aliphatic rings. The minimum atomic E-state index is 0.202. The fraction of sp³-hybridized carbons (Fsp3) is 0.429. The molecule has 1 atom stereocenters. The summed E-state index contributed by atoms with van der Waals surface area (Å²) in [5, 5.41) is 4.51. The molecule has 0 spiro atoms. The van der Waals surface area contributed by atoms with Gasteiger partial charge in [0.05, 0.1) is 6.04 Å². The molecule has 2 nitrogen and oxygen atoms in total. The maximum atomic E-state index is 6.05. The van der Waals surface area contributed by atoms with Crippen LogP contribution in [0, 0.1) is 0 Å². The van der Waals surface area contributed by atoms with Crippen molar-refractivity contribution < 1.29 is 0 Å². The van der Waals surface area contributed by atoms with Gasteiger partial charge < -0.3 is 10.2 Å². The highest BCUT2D eigenvalue weighted by Gasteiger charge is 2.13. The molecule has 0 aromatic heterocycles. The van der Waals surface area contributed by atoms with E-state index in [0.717, 1.165) is 18.1 Å². The van der Waals surface area contributed by atoms with Crippen LogP contribution in [0.15, 0.2) is 54.6 Å². The summed E-state index contributed by atoms with van der Waals surface area (Å²) in [7, 11) is 0. The molecule has 0 aliphatic carbocycles. The van der Waals surface area contributed by atoms with Crippen LogP contribution < -0.4 is 5.32 Å². The quantitative estimate of drug-likeness (QED) is 0.642. The number of nitrogens with zero attached hydrogens (tertiary/aromatic N) is 1. The van der Waals surface area contributed by atoms with Crippen molar-refractivity contribution in [3.63, 3.8) is 0 Å². The van der Waals surface area contributed by atoms with E-state index in [0.29, 0.717) is 0 Å². The molecule has 0 amide bonds. The molecular weight excluding hydrogens is 316 g/mol. The Bertz CT molecular complexity index is 562. The molecule has 0 bridgehead atoms. The molecule has 2 rings (SSSR count). The average molecular weight is 345 g/mol. The number of hydrogen-bond acceptors (Lipinski definition) is 2. The third-order valence-corrected chi connectivity index (χ3v) is 4.44. The van der Waals surface area contributed by atoms with Crippen molar-refractivity contribution in [1.82, 2.24) is 10.2 Å². The van der Waals surface area contributed by atoms with Crippen LogP contribution in [0.25, 0.3) is 0 Å². The molecule has 1 N–H and O–H groups in total. The Balaban J connectivity index is 2.05. The van der Waals surface area contributed by atoms with Gasteiger partial charge in [0.15, 0.2) is 0 Å². The standard InChI is InChI=1S/C21H29ClN2/c1-3-15-24(16-4-2)17-14-23-21(18-8-6-5-7-9-18)19-10-12-20(22)13-11-19/h5-13,21,23H,3-4,14-17H2,1-2H3. The van der Waals surface area contributed by atoms with E-state index in [9.17, 15) is 0 Å². The van der Waals surface area contributed by atoms with Crippen LogP contribution in [-0.2, 0) is 0 Å². The summed E-state index contributed by atoms with van der Waals surface area (Å²) in [5.74, 6) is 0. The fourth-order valence-electron chi connectivity index (χ4n) is 3.06. The second-order valence-corrected chi connectivity index (χ2v) is 6.63. The first kappa shape index (κ1) is 19.0. The first-order valence-corrected chi connectivity index (χ1v) is 9.38. The summed E-state index contributed by atoms with van der Waals surface area (Å²) < 4.78 is 0. The Morgan fingerprint density at radius 1 is 0.833 bits per heavy atom. The number of nitrogens with one attached hydrogen (secondary N) is 1. The maximum absolute atomic E-state index is 6.05. The molecule has 1 unspecified atom stereocenters. The normalized spacial score (nSPS) is 12.5. The van der Waals surface area contributed by atoms with Gasteiger partial charge in [0.25, 0.3) is 0 Å². The van der Waals surface area contributed by atoms with Crippen LogP contribution in [0.1, 0.15) is 43.9 Å². The predicted octanol–water partition coefficient (Wildman–Crippen LogP) is 5.14. The molecule has 0 saturated carbocycles. The van der Waals surface area contributed by atoms with Crippen LogP contribution in [-0.4, -0.2) is 31.1 Å². The molecule has 0 heterocycles. The monoisotopic (exact) mass is 344 g/mol. The fourth-order valence-corrected chi connectivity index (χ4v) is 3.19. The Morgan fingerprint density at radius 2 is 1.42 bits per heavy atom. The minimum Gasteiger partial charge on any atom is -0.305 e. The summed E-state index contributed by atoms with van der Waals surface area (Å²) in [4.78, 5) is 2.54. The predicted molar refractivity (Wildman–Crippen MR) is 105 cm³/mol. The van der Waals surface area contributed by atoms with Gasteiger partial charge in [-0.15, -0.1) is 0 Å². The maximum Gasteiger partial charge on any atom is 0.0577 e. The van der Waals surface area contributed by atoms with Gasteiger partial charge in [0.2, 0.25) is 0 Å². The molecular formula is C21H29ClN2. The van der Waals surface area contributed by atoms with Crippen molar-refractivity contribution in [3.05, 3.63) is 70.7 Å². The summed E-state index contributed by atoms with van der Waals surface area (Å²) in [6.07, 6.45) is 2.42. The second kappa shape index (κ2) is 10.5. The van der Waals surface area contributed by atoms with Crippen molar-refractivity contribution in [2.45, 2.75) is 32.7 Å². The number of halogens is 1. The molecule has 24 heavy (non-hydrogen) atoms.